The Kier molecular flexibility index (Phi) is 6.62. The van der Waals surface area contributed by atoms with E-state index in [-0.39, 0.29) is 18.2 Å². The van der Waals surface area contributed by atoms with E-state index in [1.165, 1.54) is 22.5 Å². The second-order valence-electron chi connectivity index (χ2n) is 7.05. The zero-order chi connectivity index (χ0) is 20.6. The first-order valence-electron chi connectivity index (χ1n) is 10.0. The molecule has 5 heteroatoms. The van der Waals surface area contributed by atoms with Crippen LogP contribution in [0.2, 0.25) is 0 Å². The second-order valence-corrected chi connectivity index (χ2v) is 7.91. The zero-order valence-corrected chi connectivity index (χ0v) is 17.4. The summed E-state index contributed by atoms with van der Waals surface area (Å²) in [5, 5.41) is 5.83. The topological polar surface area (TPSA) is 54.9 Å². The average molecular weight is 414 g/mol. The number of hydrogen-bond donors (Lipinski definition) is 1. The summed E-state index contributed by atoms with van der Waals surface area (Å²) in [6.07, 6.45) is 2.87. The van der Waals surface area contributed by atoms with E-state index in [2.05, 4.69) is 63.8 Å². The number of carbonyl (C=O) groups excluding carboxylic acids is 1. The van der Waals surface area contributed by atoms with Gasteiger partial charge in [0.05, 0.1) is 17.8 Å². The average Bonchev–Trinajstić information content (AvgIpc) is 3.27. The molecule has 0 saturated heterocycles. The lowest BCUT2D eigenvalue weighted by Crippen LogP contribution is -2.27. The minimum Gasteiger partial charge on any atom is -0.356 e. The maximum atomic E-state index is 12.5. The fraction of sp³-hybridized carbons (Fsp3) is 0.160. The number of thiazole rings is 1. The van der Waals surface area contributed by atoms with Crippen molar-refractivity contribution in [3.8, 4) is 10.7 Å². The van der Waals surface area contributed by atoms with Crippen LogP contribution in [-0.2, 0) is 11.2 Å². The lowest BCUT2D eigenvalue weighted by Gasteiger charge is -2.18. The molecule has 2 aromatic carbocycles. The maximum absolute atomic E-state index is 12.5. The van der Waals surface area contributed by atoms with Gasteiger partial charge in [0.25, 0.3) is 0 Å². The van der Waals surface area contributed by atoms with Gasteiger partial charge >= 0.3 is 0 Å². The van der Waals surface area contributed by atoms with Crippen LogP contribution in [0.4, 0.5) is 0 Å². The summed E-state index contributed by atoms with van der Waals surface area (Å²) in [4.78, 5) is 21.3. The van der Waals surface area contributed by atoms with E-state index in [0.29, 0.717) is 6.54 Å². The van der Waals surface area contributed by atoms with Gasteiger partial charge in [0.1, 0.15) is 5.01 Å². The summed E-state index contributed by atoms with van der Waals surface area (Å²) in [7, 11) is 0. The highest BCUT2D eigenvalue weighted by atomic mass is 32.1. The third-order valence-corrected chi connectivity index (χ3v) is 5.85. The van der Waals surface area contributed by atoms with Crippen LogP contribution < -0.4 is 5.32 Å². The number of nitrogens with zero attached hydrogens (tertiary/aromatic N) is 2. The van der Waals surface area contributed by atoms with Crippen molar-refractivity contribution in [2.75, 3.05) is 6.54 Å². The molecule has 4 nitrogen and oxygen atoms in total. The van der Waals surface area contributed by atoms with Gasteiger partial charge < -0.3 is 5.32 Å². The summed E-state index contributed by atoms with van der Waals surface area (Å²) < 4.78 is 0. The number of amides is 1. The minimum atomic E-state index is -0.00672. The van der Waals surface area contributed by atoms with E-state index in [0.717, 1.165) is 22.8 Å². The molecule has 30 heavy (non-hydrogen) atoms. The number of aromatic nitrogens is 2. The van der Waals surface area contributed by atoms with Crippen LogP contribution in [0.5, 0.6) is 0 Å². The molecule has 1 N–H and O–H groups in total. The molecule has 0 saturated carbocycles. The molecule has 0 spiro atoms. The highest BCUT2D eigenvalue weighted by Crippen LogP contribution is 2.27. The summed E-state index contributed by atoms with van der Waals surface area (Å²) in [5.41, 5.74) is 4.14. The summed E-state index contributed by atoms with van der Waals surface area (Å²) in [5.74, 6) is 0.246. The Morgan fingerprint density at radius 2 is 1.57 bits per heavy atom. The van der Waals surface area contributed by atoms with Crippen LogP contribution in [-0.4, -0.2) is 22.4 Å². The van der Waals surface area contributed by atoms with Gasteiger partial charge in [-0.05, 0) is 29.7 Å². The van der Waals surface area contributed by atoms with Gasteiger partial charge in [-0.25, -0.2) is 4.98 Å². The molecule has 1 amide bonds. The molecule has 4 rings (SSSR count). The summed E-state index contributed by atoms with van der Waals surface area (Å²) >= 11 is 1.51. The summed E-state index contributed by atoms with van der Waals surface area (Å²) in [6.45, 7) is 0.616. The molecule has 0 aliphatic rings. The lowest BCUT2D eigenvalue weighted by molar-refractivity contribution is -0.120. The van der Waals surface area contributed by atoms with Gasteiger partial charge in [-0.2, -0.15) is 0 Å². The molecular formula is C25H23N3OS. The molecular weight excluding hydrogens is 390 g/mol. The smallest absolute Gasteiger partial charge is 0.226 e. The van der Waals surface area contributed by atoms with Crippen molar-refractivity contribution in [1.29, 1.82) is 0 Å². The zero-order valence-electron chi connectivity index (χ0n) is 16.6. The quantitative estimate of drug-likeness (QED) is 0.438. The van der Waals surface area contributed by atoms with Crippen LogP contribution in [0.3, 0.4) is 0 Å². The van der Waals surface area contributed by atoms with Gasteiger partial charge in [0, 0.05) is 24.0 Å². The van der Waals surface area contributed by atoms with Crippen molar-refractivity contribution in [2.45, 2.75) is 18.8 Å². The third-order valence-electron chi connectivity index (χ3n) is 4.94. The molecule has 0 aliphatic heterocycles. The van der Waals surface area contributed by atoms with Crippen LogP contribution >= 0.6 is 11.3 Å². The van der Waals surface area contributed by atoms with Crippen molar-refractivity contribution in [2.24, 2.45) is 0 Å². The van der Waals surface area contributed by atoms with Crippen molar-refractivity contribution in [3.05, 3.63) is 107 Å². The number of nitrogens with one attached hydrogen (secondary N) is 1. The molecule has 150 valence electrons. The molecule has 2 aromatic heterocycles. The fourth-order valence-corrected chi connectivity index (χ4v) is 4.27. The molecule has 2 heterocycles. The first kappa shape index (κ1) is 20.0. The molecule has 0 atom stereocenters. The number of pyridine rings is 1. The first-order valence-corrected chi connectivity index (χ1v) is 10.9. The van der Waals surface area contributed by atoms with Gasteiger partial charge in [0.2, 0.25) is 5.91 Å². The normalized spacial score (nSPS) is 10.8. The Morgan fingerprint density at radius 1 is 0.900 bits per heavy atom. The predicted molar refractivity (Wildman–Crippen MR) is 121 cm³/mol. The second kappa shape index (κ2) is 9.94. The van der Waals surface area contributed by atoms with Crippen LogP contribution in [0, 0.1) is 0 Å². The Morgan fingerprint density at radius 3 is 2.20 bits per heavy atom. The number of carbonyl (C=O) groups is 1. The van der Waals surface area contributed by atoms with E-state index in [9.17, 15) is 4.79 Å². The molecule has 4 aromatic rings. The van der Waals surface area contributed by atoms with E-state index in [4.69, 9.17) is 0 Å². The Hall–Kier alpha value is -3.31. The van der Waals surface area contributed by atoms with Gasteiger partial charge in [-0.3, -0.25) is 9.78 Å². The standard InChI is InChI=1S/C25H23N3OS/c29-24(17-21-18-30-25(28-21)23-13-7-8-15-26-23)27-16-14-22(19-9-3-1-4-10-19)20-11-5-2-6-12-20/h1-13,15,18,22H,14,16-17H2,(H,27,29). The maximum Gasteiger partial charge on any atom is 0.226 e. The van der Waals surface area contributed by atoms with E-state index < -0.39 is 0 Å². The number of benzene rings is 2. The Bertz CT molecular complexity index is 1030. The largest absolute Gasteiger partial charge is 0.356 e. The third kappa shape index (κ3) is 5.19. The van der Waals surface area contributed by atoms with Gasteiger partial charge in [0.15, 0.2) is 0 Å². The van der Waals surface area contributed by atoms with E-state index >= 15 is 0 Å². The van der Waals surface area contributed by atoms with E-state index in [1.807, 2.05) is 35.7 Å². The van der Waals surface area contributed by atoms with Gasteiger partial charge in [-0.1, -0.05) is 66.7 Å². The number of rotatable bonds is 8. The van der Waals surface area contributed by atoms with Crippen LogP contribution in [0.1, 0.15) is 29.2 Å². The molecule has 0 radical (unpaired) electrons. The van der Waals surface area contributed by atoms with Crippen LogP contribution in [0.15, 0.2) is 90.4 Å². The lowest BCUT2D eigenvalue weighted by atomic mass is 9.88. The minimum absolute atomic E-state index is 0.00672. The Labute approximate surface area is 180 Å². The highest BCUT2D eigenvalue weighted by Gasteiger charge is 2.15. The first-order chi connectivity index (χ1) is 14.8. The molecule has 0 fully saturated rings. The van der Waals surface area contributed by atoms with Crippen molar-refractivity contribution >= 4 is 17.2 Å². The van der Waals surface area contributed by atoms with Crippen molar-refractivity contribution in [3.63, 3.8) is 0 Å². The van der Waals surface area contributed by atoms with Crippen LogP contribution in [0.25, 0.3) is 10.7 Å². The monoisotopic (exact) mass is 413 g/mol. The van der Waals surface area contributed by atoms with Crippen molar-refractivity contribution in [1.82, 2.24) is 15.3 Å². The highest BCUT2D eigenvalue weighted by molar-refractivity contribution is 7.13. The molecule has 0 unspecified atom stereocenters. The Balaban J connectivity index is 1.35. The fourth-order valence-electron chi connectivity index (χ4n) is 3.47. The van der Waals surface area contributed by atoms with Gasteiger partial charge in [-0.15, -0.1) is 11.3 Å². The van der Waals surface area contributed by atoms with Crippen molar-refractivity contribution < 1.29 is 4.79 Å². The molecule has 0 bridgehead atoms. The number of hydrogen-bond acceptors (Lipinski definition) is 4. The van der Waals surface area contributed by atoms with E-state index in [1.54, 1.807) is 6.20 Å². The SMILES string of the molecule is O=C(Cc1csc(-c2ccccn2)n1)NCCC(c1ccccc1)c1ccccc1. The molecule has 0 aliphatic carbocycles. The summed E-state index contributed by atoms with van der Waals surface area (Å²) in [6, 6.07) is 26.6. The predicted octanol–water partition coefficient (Wildman–Crippen LogP) is 5.09.